The van der Waals surface area contributed by atoms with E-state index >= 15 is 0 Å². The van der Waals surface area contributed by atoms with Crippen LogP contribution in [0, 0.1) is 12.7 Å². The van der Waals surface area contributed by atoms with Crippen molar-refractivity contribution in [2.45, 2.75) is 17.9 Å². The van der Waals surface area contributed by atoms with Gasteiger partial charge in [-0.2, -0.15) is 0 Å². The fourth-order valence-corrected chi connectivity index (χ4v) is 2.55. The molecule has 2 aromatic carbocycles. The molecule has 0 saturated carbocycles. The molecule has 0 saturated heterocycles. The molecule has 0 aliphatic carbocycles. The van der Waals surface area contributed by atoms with Gasteiger partial charge in [-0.1, -0.05) is 18.2 Å². The molecule has 0 radical (unpaired) electrons. The molecule has 0 spiro atoms. The van der Waals surface area contributed by atoms with Gasteiger partial charge in [-0.3, -0.25) is 0 Å². The van der Waals surface area contributed by atoms with Gasteiger partial charge >= 0.3 is 0 Å². The minimum absolute atomic E-state index is 0.0757. The SMILES string of the molecule is Cc1ccc(F)c(OCC(O)c2ccc(S(C)(=O)=O)cc2)c1. The number of hydrogen-bond donors (Lipinski definition) is 1. The highest BCUT2D eigenvalue weighted by Crippen LogP contribution is 2.21. The molecule has 0 aromatic heterocycles. The van der Waals surface area contributed by atoms with Crippen LogP contribution >= 0.6 is 0 Å². The summed E-state index contributed by atoms with van der Waals surface area (Å²) >= 11 is 0. The molecule has 1 N–H and O–H groups in total. The van der Waals surface area contributed by atoms with Crippen LogP contribution in [-0.4, -0.2) is 26.4 Å². The van der Waals surface area contributed by atoms with E-state index in [2.05, 4.69) is 0 Å². The number of benzene rings is 2. The number of hydrogen-bond acceptors (Lipinski definition) is 4. The highest BCUT2D eigenvalue weighted by molar-refractivity contribution is 7.90. The largest absolute Gasteiger partial charge is 0.487 e. The van der Waals surface area contributed by atoms with E-state index in [1.165, 1.54) is 30.3 Å². The lowest BCUT2D eigenvalue weighted by molar-refractivity contribution is 0.106. The first-order valence-corrected chi connectivity index (χ1v) is 8.53. The van der Waals surface area contributed by atoms with Crippen molar-refractivity contribution in [2.24, 2.45) is 0 Å². The van der Waals surface area contributed by atoms with Crippen molar-refractivity contribution < 1.29 is 22.7 Å². The van der Waals surface area contributed by atoms with Crippen molar-refractivity contribution in [1.82, 2.24) is 0 Å². The average molecular weight is 324 g/mol. The van der Waals surface area contributed by atoms with Gasteiger partial charge in [0, 0.05) is 6.26 Å². The zero-order valence-electron chi connectivity index (χ0n) is 12.3. The molecule has 2 rings (SSSR count). The van der Waals surface area contributed by atoms with E-state index < -0.39 is 21.8 Å². The predicted molar refractivity (Wildman–Crippen MR) is 81.1 cm³/mol. The summed E-state index contributed by atoms with van der Waals surface area (Å²) in [6.45, 7) is 1.69. The Kier molecular flexibility index (Phi) is 4.83. The van der Waals surface area contributed by atoms with Gasteiger partial charge in [0.1, 0.15) is 12.7 Å². The van der Waals surface area contributed by atoms with E-state index in [-0.39, 0.29) is 17.3 Å². The van der Waals surface area contributed by atoms with Gasteiger partial charge in [0.25, 0.3) is 0 Å². The molecule has 22 heavy (non-hydrogen) atoms. The Labute approximate surface area is 129 Å². The van der Waals surface area contributed by atoms with Crippen molar-refractivity contribution >= 4 is 9.84 Å². The van der Waals surface area contributed by atoms with Crippen LogP contribution in [0.2, 0.25) is 0 Å². The maximum Gasteiger partial charge on any atom is 0.175 e. The van der Waals surface area contributed by atoms with Crippen LogP contribution in [0.3, 0.4) is 0 Å². The molecule has 118 valence electrons. The molecular weight excluding hydrogens is 307 g/mol. The van der Waals surface area contributed by atoms with Crippen molar-refractivity contribution in [3.8, 4) is 5.75 Å². The Bertz CT molecular complexity index is 754. The van der Waals surface area contributed by atoms with Crippen molar-refractivity contribution in [3.05, 3.63) is 59.4 Å². The molecule has 4 nitrogen and oxygen atoms in total. The predicted octanol–water partition coefficient (Wildman–Crippen LogP) is 2.65. The smallest absolute Gasteiger partial charge is 0.175 e. The van der Waals surface area contributed by atoms with Crippen molar-refractivity contribution in [1.29, 1.82) is 0 Å². The number of halogens is 1. The zero-order valence-corrected chi connectivity index (χ0v) is 13.1. The molecule has 0 bridgehead atoms. The first-order valence-electron chi connectivity index (χ1n) is 6.64. The third-order valence-corrected chi connectivity index (χ3v) is 4.30. The Balaban J connectivity index is 2.06. The van der Waals surface area contributed by atoms with Gasteiger partial charge in [0.15, 0.2) is 21.4 Å². The molecule has 6 heteroatoms. The summed E-state index contributed by atoms with van der Waals surface area (Å²) in [5.41, 5.74) is 1.35. The summed E-state index contributed by atoms with van der Waals surface area (Å²) in [4.78, 5) is 0.175. The molecule has 1 atom stereocenters. The highest BCUT2D eigenvalue weighted by atomic mass is 32.2. The van der Waals surface area contributed by atoms with E-state index in [0.29, 0.717) is 5.56 Å². The first-order chi connectivity index (χ1) is 10.3. The Morgan fingerprint density at radius 3 is 2.41 bits per heavy atom. The van der Waals surface area contributed by atoms with Gasteiger partial charge < -0.3 is 9.84 Å². The summed E-state index contributed by atoms with van der Waals surface area (Å²) in [7, 11) is -3.27. The number of aliphatic hydroxyl groups excluding tert-OH is 1. The Morgan fingerprint density at radius 2 is 1.82 bits per heavy atom. The van der Waals surface area contributed by atoms with Crippen LogP contribution in [0.15, 0.2) is 47.4 Å². The number of rotatable bonds is 5. The van der Waals surface area contributed by atoms with Gasteiger partial charge in [-0.15, -0.1) is 0 Å². The molecule has 0 heterocycles. The topological polar surface area (TPSA) is 63.6 Å². The lowest BCUT2D eigenvalue weighted by Crippen LogP contribution is -2.10. The van der Waals surface area contributed by atoms with Gasteiger partial charge in [0.2, 0.25) is 0 Å². The lowest BCUT2D eigenvalue weighted by Gasteiger charge is -2.14. The summed E-state index contributed by atoms with van der Waals surface area (Å²) < 4.78 is 41.6. The van der Waals surface area contributed by atoms with Crippen LogP contribution in [0.4, 0.5) is 4.39 Å². The Hall–Kier alpha value is -1.92. The summed E-state index contributed by atoms with van der Waals surface area (Å²) in [5, 5.41) is 10.0. The average Bonchev–Trinajstić information content (AvgIpc) is 2.47. The van der Waals surface area contributed by atoms with Crippen molar-refractivity contribution in [3.63, 3.8) is 0 Å². The maximum absolute atomic E-state index is 13.5. The highest BCUT2D eigenvalue weighted by Gasteiger charge is 2.12. The molecule has 0 aliphatic heterocycles. The number of sulfone groups is 1. The number of aliphatic hydroxyl groups is 1. The quantitative estimate of drug-likeness (QED) is 0.918. The lowest BCUT2D eigenvalue weighted by atomic mass is 10.1. The monoisotopic (exact) mass is 324 g/mol. The number of aryl methyl sites for hydroxylation is 1. The van der Waals surface area contributed by atoms with E-state index in [9.17, 15) is 17.9 Å². The summed E-state index contributed by atoms with van der Waals surface area (Å²) in [6, 6.07) is 10.3. The van der Waals surface area contributed by atoms with Gasteiger partial charge in [-0.05, 0) is 42.3 Å². The second kappa shape index (κ2) is 6.46. The van der Waals surface area contributed by atoms with E-state index in [1.807, 2.05) is 6.92 Å². The maximum atomic E-state index is 13.5. The van der Waals surface area contributed by atoms with Gasteiger partial charge in [0.05, 0.1) is 4.90 Å². The Morgan fingerprint density at radius 1 is 1.18 bits per heavy atom. The number of ether oxygens (including phenoxy) is 1. The minimum atomic E-state index is -3.27. The molecular formula is C16H17FO4S. The van der Waals surface area contributed by atoms with E-state index in [4.69, 9.17) is 4.74 Å². The van der Waals surface area contributed by atoms with E-state index in [0.717, 1.165) is 11.8 Å². The molecule has 0 amide bonds. The molecule has 0 fully saturated rings. The third kappa shape index (κ3) is 4.05. The zero-order chi connectivity index (χ0) is 16.3. The van der Waals surface area contributed by atoms with E-state index in [1.54, 1.807) is 12.1 Å². The summed E-state index contributed by atoms with van der Waals surface area (Å²) in [6.07, 6.45) is 0.135. The first kappa shape index (κ1) is 16.5. The fraction of sp³-hybridized carbons (Fsp3) is 0.250. The molecule has 0 aliphatic rings. The normalized spacial score (nSPS) is 12.9. The summed E-state index contributed by atoms with van der Waals surface area (Å²) in [5.74, 6) is -0.419. The second-order valence-corrected chi connectivity index (χ2v) is 7.12. The van der Waals surface area contributed by atoms with Crippen molar-refractivity contribution in [2.75, 3.05) is 12.9 Å². The van der Waals surface area contributed by atoms with Crippen LogP contribution in [-0.2, 0) is 9.84 Å². The van der Waals surface area contributed by atoms with Crippen LogP contribution in [0.25, 0.3) is 0 Å². The van der Waals surface area contributed by atoms with Crippen LogP contribution < -0.4 is 4.74 Å². The third-order valence-electron chi connectivity index (χ3n) is 3.18. The molecule has 2 aromatic rings. The minimum Gasteiger partial charge on any atom is -0.487 e. The standard InChI is InChI=1S/C16H17FO4S/c1-11-3-8-14(17)16(9-11)21-10-15(18)12-4-6-13(7-5-12)22(2,19)20/h3-9,15,18H,10H2,1-2H3. The van der Waals surface area contributed by atoms with Crippen LogP contribution in [0.1, 0.15) is 17.2 Å². The second-order valence-electron chi connectivity index (χ2n) is 5.10. The fourth-order valence-electron chi connectivity index (χ4n) is 1.92. The van der Waals surface area contributed by atoms with Gasteiger partial charge in [-0.25, -0.2) is 12.8 Å². The van der Waals surface area contributed by atoms with Crippen LogP contribution in [0.5, 0.6) is 5.75 Å². The molecule has 1 unspecified atom stereocenters.